The predicted octanol–water partition coefficient (Wildman–Crippen LogP) is 0.395. The van der Waals surface area contributed by atoms with Crippen LogP contribution in [-0.4, -0.2) is 16.1 Å². The van der Waals surface area contributed by atoms with Gasteiger partial charge in [0.05, 0.1) is 0 Å². The zero-order valence-electron chi connectivity index (χ0n) is 3.22. The molecule has 0 aromatic carbocycles. The Morgan fingerprint density at radius 2 is 2.33 bits per heavy atom. The fourth-order valence-corrected chi connectivity index (χ4v) is 1.15. The summed E-state index contributed by atoms with van der Waals surface area (Å²) in [7, 11) is 0. The SMILES string of the molecule is C1=CO[AsH]C=C1. The summed E-state index contributed by atoms with van der Waals surface area (Å²) in [6, 6.07) is 0. The van der Waals surface area contributed by atoms with Crippen LogP contribution >= 0.6 is 0 Å². The van der Waals surface area contributed by atoms with Gasteiger partial charge in [-0.1, -0.05) is 0 Å². The van der Waals surface area contributed by atoms with E-state index in [1.807, 2.05) is 12.2 Å². The first-order valence-corrected chi connectivity index (χ1v) is 3.80. The van der Waals surface area contributed by atoms with Crippen molar-refractivity contribution in [2.75, 3.05) is 0 Å². The molecule has 0 radical (unpaired) electrons. The Bertz CT molecular complexity index is 73.5. The van der Waals surface area contributed by atoms with Crippen LogP contribution in [0.3, 0.4) is 0 Å². The molecular weight excluding hydrogens is 139 g/mol. The molecule has 0 aromatic heterocycles. The molecule has 0 fully saturated rings. The average molecular weight is 144 g/mol. The van der Waals surface area contributed by atoms with Gasteiger partial charge in [0.2, 0.25) is 0 Å². The van der Waals surface area contributed by atoms with Gasteiger partial charge in [0.25, 0.3) is 0 Å². The molecule has 1 nitrogen and oxygen atoms in total. The first-order valence-electron chi connectivity index (χ1n) is 1.73. The summed E-state index contributed by atoms with van der Waals surface area (Å²) in [6.07, 6.45) is 5.65. The number of hydrogen-bond acceptors (Lipinski definition) is 1. The van der Waals surface area contributed by atoms with E-state index in [1.165, 1.54) is 0 Å². The van der Waals surface area contributed by atoms with Gasteiger partial charge < -0.3 is 0 Å². The summed E-state index contributed by atoms with van der Waals surface area (Å²) in [5.74, 6) is 0. The normalized spacial score (nSPS) is 21.3. The Morgan fingerprint density at radius 1 is 1.33 bits per heavy atom. The zero-order valence-corrected chi connectivity index (χ0v) is 5.32. The van der Waals surface area contributed by atoms with Crippen molar-refractivity contribution in [3.05, 3.63) is 23.3 Å². The van der Waals surface area contributed by atoms with Crippen LogP contribution < -0.4 is 0 Å². The molecule has 2 heteroatoms. The van der Waals surface area contributed by atoms with Gasteiger partial charge in [-0.15, -0.1) is 0 Å². The van der Waals surface area contributed by atoms with Gasteiger partial charge in [-0.3, -0.25) is 0 Å². The molecule has 1 rings (SSSR count). The van der Waals surface area contributed by atoms with Crippen LogP contribution in [0.4, 0.5) is 0 Å². The first kappa shape index (κ1) is 4.01. The molecule has 0 aromatic rings. The van der Waals surface area contributed by atoms with E-state index < -0.39 is 0 Å². The molecule has 0 aliphatic carbocycles. The van der Waals surface area contributed by atoms with E-state index in [9.17, 15) is 0 Å². The van der Waals surface area contributed by atoms with E-state index in [4.69, 9.17) is 3.73 Å². The van der Waals surface area contributed by atoms with Crippen LogP contribution in [0.15, 0.2) is 23.3 Å². The van der Waals surface area contributed by atoms with E-state index in [0.717, 1.165) is 0 Å². The van der Waals surface area contributed by atoms with Crippen molar-refractivity contribution in [2.24, 2.45) is 0 Å². The molecule has 0 saturated carbocycles. The van der Waals surface area contributed by atoms with Gasteiger partial charge in [-0.2, -0.15) is 0 Å². The number of rotatable bonds is 0. The van der Waals surface area contributed by atoms with Crippen molar-refractivity contribution in [1.29, 1.82) is 0 Å². The minimum atomic E-state index is -0.160. The third-order valence-electron chi connectivity index (χ3n) is 0.490. The average Bonchev–Trinajstić information content (AvgIpc) is 1.72. The summed E-state index contributed by atoms with van der Waals surface area (Å²) in [5.41, 5.74) is 0. The number of allylic oxidation sites excluding steroid dienone is 2. The van der Waals surface area contributed by atoms with Crippen LogP contribution in [0.25, 0.3) is 0 Å². The maximum absolute atomic E-state index is 4.93. The van der Waals surface area contributed by atoms with Crippen molar-refractivity contribution in [2.45, 2.75) is 0 Å². The van der Waals surface area contributed by atoms with Crippen LogP contribution in [0, 0.1) is 0 Å². The van der Waals surface area contributed by atoms with Gasteiger partial charge in [-0.05, 0) is 0 Å². The van der Waals surface area contributed by atoms with Crippen LogP contribution in [-0.2, 0) is 3.73 Å². The Balaban J connectivity index is 2.46. The molecule has 1 heterocycles. The number of hydrogen-bond donors (Lipinski definition) is 0. The zero-order chi connectivity index (χ0) is 4.24. The standard InChI is InChI=1S/C4H5AsO/c1-2-4-6-5-3-1/h1-5H. The fraction of sp³-hybridized carbons (Fsp3) is 0. The van der Waals surface area contributed by atoms with E-state index in [0.29, 0.717) is 0 Å². The van der Waals surface area contributed by atoms with Crippen molar-refractivity contribution in [3.63, 3.8) is 0 Å². The monoisotopic (exact) mass is 144 g/mol. The van der Waals surface area contributed by atoms with Crippen LogP contribution in [0.5, 0.6) is 0 Å². The predicted molar refractivity (Wildman–Crippen MR) is 26.5 cm³/mol. The van der Waals surface area contributed by atoms with Crippen molar-refractivity contribution >= 4 is 16.1 Å². The van der Waals surface area contributed by atoms with Gasteiger partial charge in [0.15, 0.2) is 0 Å². The van der Waals surface area contributed by atoms with Gasteiger partial charge in [0.1, 0.15) is 0 Å². The molecule has 32 valence electrons. The van der Waals surface area contributed by atoms with Crippen molar-refractivity contribution < 1.29 is 3.73 Å². The minimum absolute atomic E-state index is 0.160. The maximum atomic E-state index is 4.93. The van der Waals surface area contributed by atoms with Gasteiger partial charge >= 0.3 is 43.1 Å². The van der Waals surface area contributed by atoms with Crippen molar-refractivity contribution in [1.82, 2.24) is 0 Å². The second-order valence-electron chi connectivity index (χ2n) is 0.923. The Morgan fingerprint density at radius 3 is 2.50 bits per heavy atom. The summed E-state index contributed by atoms with van der Waals surface area (Å²) >= 11 is -0.160. The molecule has 0 bridgehead atoms. The first-order chi connectivity index (χ1) is 3.00. The van der Waals surface area contributed by atoms with Crippen LogP contribution in [0.2, 0.25) is 0 Å². The molecule has 0 amide bonds. The second-order valence-corrected chi connectivity index (χ2v) is 2.61. The van der Waals surface area contributed by atoms with Gasteiger partial charge in [-0.25, -0.2) is 0 Å². The van der Waals surface area contributed by atoms with E-state index in [1.54, 1.807) is 6.26 Å². The summed E-state index contributed by atoms with van der Waals surface area (Å²) in [5, 5.41) is 0. The topological polar surface area (TPSA) is 9.23 Å². The Hall–Kier alpha value is -0.162. The molecule has 1 atom stereocenters. The Kier molecular flexibility index (Phi) is 1.40. The van der Waals surface area contributed by atoms with E-state index >= 15 is 0 Å². The third kappa shape index (κ3) is 0.907. The van der Waals surface area contributed by atoms with Crippen LogP contribution in [0.1, 0.15) is 0 Å². The second kappa shape index (κ2) is 2.09. The molecule has 0 N–H and O–H groups in total. The molecule has 0 saturated heterocycles. The molecule has 6 heavy (non-hydrogen) atoms. The molecule has 0 spiro atoms. The molecule has 1 aliphatic rings. The van der Waals surface area contributed by atoms with E-state index in [-0.39, 0.29) is 16.1 Å². The molecular formula is C4H5AsO. The quantitative estimate of drug-likeness (QED) is 0.447. The molecule has 1 aliphatic heterocycles. The molecule has 1 unspecified atom stereocenters. The van der Waals surface area contributed by atoms with Crippen molar-refractivity contribution in [3.8, 4) is 0 Å². The Labute approximate surface area is 43.7 Å². The van der Waals surface area contributed by atoms with E-state index in [2.05, 4.69) is 4.86 Å². The summed E-state index contributed by atoms with van der Waals surface area (Å²) < 4.78 is 4.93. The summed E-state index contributed by atoms with van der Waals surface area (Å²) in [6.45, 7) is 0. The third-order valence-corrected chi connectivity index (χ3v) is 1.75. The van der Waals surface area contributed by atoms with Gasteiger partial charge in [0, 0.05) is 0 Å². The summed E-state index contributed by atoms with van der Waals surface area (Å²) in [4.78, 5) is 2.08. The fourth-order valence-electron chi connectivity index (χ4n) is 0.258.